The SMILES string of the molecule is CCC(=O)Oc1c(NC(=O)c2c(Cl)cccc2Cl)cccc1-c1cc2ccccc2n(C)c1=O. The summed E-state index contributed by atoms with van der Waals surface area (Å²) in [7, 11) is 1.68. The summed E-state index contributed by atoms with van der Waals surface area (Å²) in [6.07, 6.45) is 0.105. The molecule has 6 nitrogen and oxygen atoms in total. The second-order valence-electron chi connectivity index (χ2n) is 7.54. The summed E-state index contributed by atoms with van der Waals surface area (Å²) in [4.78, 5) is 38.5. The highest BCUT2D eigenvalue weighted by Crippen LogP contribution is 2.37. The number of esters is 1. The van der Waals surface area contributed by atoms with E-state index in [0.717, 1.165) is 10.9 Å². The summed E-state index contributed by atoms with van der Waals surface area (Å²) in [5.74, 6) is -1.03. The number of nitrogens with zero attached hydrogens (tertiary/aromatic N) is 1. The molecule has 0 radical (unpaired) electrons. The molecule has 3 aromatic carbocycles. The van der Waals surface area contributed by atoms with Crippen LogP contribution in [0.3, 0.4) is 0 Å². The van der Waals surface area contributed by atoms with E-state index in [0.29, 0.717) is 11.1 Å². The molecule has 0 unspecified atom stereocenters. The molecule has 1 amide bonds. The lowest BCUT2D eigenvalue weighted by atomic mass is 10.0. The van der Waals surface area contributed by atoms with Gasteiger partial charge in [-0.15, -0.1) is 0 Å². The highest BCUT2D eigenvalue weighted by Gasteiger charge is 2.22. The lowest BCUT2D eigenvalue weighted by molar-refractivity contribution is -0.133. The zero-order valence-corrected chi connectivity index (χ0v) is 19.9. The number of pyridine rings is 1. The van der Waals surface area contributed by atoms with Gasteiger partial charge in [-0.1, -0.05) is 66.5 Å². The number of hydrogen-bond acceptors (Lipinski definition) is 4. The van der Waals surface area contributed by atoms with Crippen molar-refractivity contribution < 1.29 is 14.3 Å². The molecule has 0 bridgehead atoms. The van der Waals surface area contributed by atoms with Crippen molar-refractivity contribution in [2.24, 2.45) is 7.05 Å². The van der Waals surface area contributed by atoms with E-state index in [9.17, 15) is 14.4 Å². The first-order chi connectivity index (χ1) is 16.3. The van der Waals surface area contributed by atoms with Crippen molar-refractivity contribution in [2.75, 3.05) is 5.32 Å². The fourth-order valence-corrected chi connectivity index (χ4v) is 4.23. The van der Waals surface area contributed by atoms with E-state index < -0.39 is 11.9 Å². The van der Waals surface area contributed by atoms with Gasteiger partial charge < -0.3 is 14.6 Å². The van der Waals surface area contributed by atoms with Crippen molar-refractivity contribution in [2.45, 2.75) is 13.3 Å². The molecule has 0 aliphatic rings. The van der Waals surface area contributed by atoms with Crippen LogP contribution in [0.25, 0.3) is 22.0 Å². The molecule has 0 spiro atoms. The van der Waals surface area contributed by atoms with Crippen LogP contribution in [0.4, 0.5) is 5.69 Å². The third kappa shape index (κ3) is 4.42. The molecule has 4 aromatic rings. The minimum absolute atomic E-state index is 0.0678. The van der Waals surface area contributed by atoms with Gasteiger partial charge in [0.25, 0.3) is 11.5 Å². The Balaban J connectivity index is 1.89. The van der Waals surface area contributed by atoms with E-state index >= 15 is 0 Å². The number of aromatic nitrogens is 1. The molecule has 4 rings (SSSR count). The maximum absolute atomic E-state index is 13.2. The van der Waals surface area contributed by atoms with Gasteiger partial charge >= 0.3 is 5.97 Å². The molecule has 8 heteroatoms. The molecule has 0 aliphatic heterocycles. The smallest absolute Gasteiger partial charge is 0.310 e. The minimum Gasteiger partial charge on any atom is -0.424 e. The van der Waals surface area contributed by atoms with E-state index in [2.05, 4.69) is 5.32 Å². The predicted molar refractivity (Wildman–Crippen MR) is 135 cm³/mol. The number of amides is 1. The van der Waals surface area contributed by atoms with Gasteiger partial charge in [0, 0.05) is 19.0 Å². The number of rotatable bonds is 5. The lowest BCUT2D eigenvalue weighted by Crippen LogP contribution is -2.20. The standard InChI is InChI=1S/C26H20Cl2N2O4/c1-3-22(31)34-24-16(17-14-15-8-4-5-13-21(15)30(2)26(17)33)9-6-12-20(24)29-25(32)23-18(27)10-7-11-19(23)28/h4-14H,3H2,1-2H3,(H,29,32). The lowest BCUT2D eigenvalue weighted by Gasteiger charge is -2.17. The van der Waals surface area contributed by atoms with Crippen LogP contribution in [0, 0.1) is 0 Å². The zero-order valence-electron chi connectivity index (χ0n) is 18.4. The van der Waals surface area contributed by atoms with Crippen LogP contribution in [0.15, 0.2) is 71.5 Å². The molecule has 34 heavy (non-hydrogen) atoms. The Morgan fingerprint density at radius 3 is 2.32 bits per heavy atom. The normalized spacial score (nSPS) is 10.8. The van der Waals surface area contributed by atoms with Crippen molar-refractivity contribution in [3.05, 3.63) is 92.7 Å². The Kier molecular flexibility index (Phi) is 6.72. The molecule has 0 fully saturated rings. The second-order valence-corrected chi connectivity index (χ2v) is 8.36. The predicted octanol–water partition coefficient (Wildman–Crippen LogP) is 6.08. The van der Waals surface area contributed by atoms with Gasteiger partial charge in [0.2, 0.25) is 0 Å². The van der Waals surface area contributed by atoms with Crippen molar-refractivity contribution in [3.8, 4) is 16.9 Å². The highest BCUT2D eigenvalue weighted by atomic mass is 35.5. The molecular weight excluding hydrogens is 475 g/mol. The van der Waals surface area contributed by atoms with Crippen LogP contribution < -0.4 is 15.6 Å². The Bertz CT molecular complexity index is 1470. The van der Waals surface area contributed by atoms with E-state index in [1.165, 1.54) is 4.57 Å². The Labute approximate surface area is 205 Å². The number of carbonyl (C=O) groups excluding carboxylic acids is 2. The second kappa shape index (κ2) is 9.71. The molecule has 0 saturated heterocycles. The number of para-hydroxylation sites is 2. The number of hydrogen-bond donors (Lipinski definition) is 1. The molecule has 1 heterocycles. The number of benzene rings is 3. The third-order valence-corrected chi connectivity index (χ3v) is 6.01. The number of fused-ring (bicyclic) bond motifs is 1. The summed E-state index contributed by atoms with van der Waals surface area (Å²) in [5.41, 5.74) is 1.48. The van der Waals surface area contributed by atoms with Crippen LogP contribution in [0.1, 0.15) is 23.7 Å². The summed E-state index contributed by atoms with van der Waals surface area (Å²) >= 11 is 12.4. The van der Waals surface area contributed by atoms with Crippen molar-refractivity contribution >= 4 is 51.7 Å². The summed E-state index contributed by atoms with van der Waals surface area (Å²) in [6.45, 7) is 1.65. The monoisotopic (exact) mass is 494 g/mol. The minimum atomic E-state index is -0.576. The van der Waals surface area contributed by atoms with E-state index in [1.54, 1.807) is 56.4 Å². The summed E-state index contributed by atoms with van der Waals surface area (Å²) in [5, 5.41) is 3.92. The average molecular weight is 495 g/mol. The molecule has 172 valence electrons. The summed E-state index contributed by atoms with van der Waals surface area (Å²) in [6, 6.07) is 18.9. The van der Waals surface area contributed by atoms with Gasteiger partial charge in [0.05, 0.1) is 32.4 Å². The number of ether oxygens (including phenoxy) is 1. The number of aryl methyl sites for hydroxylation is 1. The molecule has 1 N–H and O–H groups in total. The largest absolute Gasteiger partial charge is 0.424 e. The van der Waals surface area contributed by atoms with Crippen molar-refractivity contribution in [1.29, 1.82) is 0 Å². The van der Waals surface area contributed by atoms with Crippen molar-refractivity contribution in [3.63, 3.8) is 0 Å². The Hall–Kier alpha value is -3.61. The third-order valence-electron chi connectivity index (χ3n) is 5.38. The number of nitrogens with one attached hydrogen (secondary N) is 1. The van der Waals surface area contributed by atoms with Crippen LogP contribution >= 0.6 is 23.2 Å². The molecule has 0 atom stereocenters. The fraction of sp³-hybridized carbons (Fsp3) is 0.115. The number of halogens is 2. The van der Waals surface area contributed by atoms with E-state index in [-0.39, 0.29) is 39.0 Å². The van der Waals surface area contributed by atoms with Crippen LogP contribution in [-0.4, -0.2) is 16.4 Å². The highest BCUT2D eigenvalue weighted by molar-refractivity contribution is 6.40. The first kappa shape index (κ1) is 23.5. The molecular formula is C26H20Cl2N2O4. The number of anilines is 1. The number of carbonyl (C=O) groups is 2. The first-order valence-corrected chi connectivity index (χ1v) is 11.3. The zero-order chi connectivity index (χ0) is 24.4. The van der Waals surface area contributed by atoms with Gasteiger partial charge in [0.1, 0.15) is 0 Å². The first-order valence-electron chi connectivity index (χ1n) is 10.5. The quantitative estimate of drug-likeness (QED) is 0.269. The van der Waals surface area contributed by atoms with Gasteiger partial charge in [-0.25, -0.2) is 0 Å². The Morgan fingerprint density at radius 2 is 1.62 bits per heavy atom. The van der Waals surface area contributed by atoms with Crippen LogP contribution in [0.5, 0.6) is 5.75 Å². The molecule has 1 aromatic heterocycles. The Morgan fingerprint density at radius 1 is 0.941 bits per heavy atom. The van der Waals surface area contributed by atoms with Gasteiger partial charge in [-0.05, 0) is 35.7 Å². The topological polar surface area (TPSA) is 77.4 Å². The van der Waals surface area contributed by atoms with Crippen LogP contribution in [0.2, 0.25) is 10.0 Å². The van der Waals surface area contributed by atoms with E-state index in [4.69, 9.17) is 27.9 Å². The van der Waals surface area contributed by atoms with Gasteiger partial charge in [-0.2, -0.15) is 0 Å². The van der Waals surface area contributed by atoms with Gasteiger partial charge in [0.15, 0.2) is 5.75 Å². The van der Waals surface area contributed by atoms with Crippen LogP contribution in [-0.2, 0) is 11.8 Å². The van der Waals surface area contributed by atoms with Crippen molar-refractivity contribution in [1.82, 2.24) is 4.57 Å². The molecule has 0 saturated carbocycles. The molecule has 0 aliphatic carbocycles. The fourth-order valence-electron chi connectivity index (χ4n) is 3.66. The maximum atomic E-state index is 13.2. The summed E-state index contributed by atoms with van der Waals surface area (Å²) < 4.78 is 7.15. The van der Waals surface area contributed by atoms with E-state index in [1.807, 2.05) is 24.3 Å². The average Bonchev–Trinajstić information content (AvgIpc) is 2.82. The maximum Gasteiger partial charge on any atom is 0.310 e. The van der Waals surface area contributed by atoms with Gasteiger partial charge in [-0.3, -0.25) is 14.4 Å².